The number of aryl methyl sites for hydroxylation is 1. The molecule has 0 amide bonds. The molecule has 0 saturated heterocycles. The summed E-state index contributed by atoms with van der Waals surface area (Å²) in [6, 6.07) is 7.62. The van der Waals surface area contributed by atoms with Crippen LogP contribution in [0.3, 0.4) is 0 Å². The van der Waals surface area contributed by atoms with E-state index in [1.807, 2.05) is 25.3 Å². The standard InChI is InChI=1S/C16H15FN2OS/c1-9-8-21-14-7-13(10(2)18)15(16(20)19(9)14)11-3-5-12(17)6-4-11/h3-8,10H,18H2,1-2H3. The number of benzene rings is 1. The first-order valence-electron chi connectivity index (χ1n) is 6.64. The average molecular weight is 302 g/mol. The fourth-order valence-corrected chi connectivity index (χ4v) is 3.41. The van der Waals surface area contributed by atoms with E-state index in [0.29, 0.717) is 11.1 Å². The summed E-state index contributed by atoms with van der Waals surface area (Å²) >= 11 is 1.51. The number of fused-ring (bicyclic) bond motifs is 1. The molecule has 0 aliphatic carbocycles. The highest BCUT2D eigenvalue weighted by Crippen LogP contribution is 2.27. The van der Waals surface area contributed by atoms with Gasteiger partial charge in [0.05, 0.1) is 5.56 Å². The van der Waals surface area contributed by atoms with Gasteiger partial charge >= 0.3 is 0 Å². The lowest BCUT2D eigenvalue weighted by atomic mass is 9.97. The molecule has 5 heteroatoms. The van der Waals surface area contributed by atoms with E-state index in [2.05, 4.69) is 0 Å². The van der Waals surface area contributed by atoms with Crippen LogP contribution in [-0.2, 0) is 0 Å². The Morgan fingerprint density at radius 1 is 1.29 bits per heavy atom. The Bertz CT molecular complexity index is 862. The third-order valence-corrected chi connectivity index (χ3v) is 4.53. The number of thiazole rings is 1. The lowest BCUT2D eigenvalue weighted by Gasteiger charge is -2.13. The second-order valence-electron chi connectivity index (χ2n) is 5.13. The number of hydrogen-bond acceptors (Lipinski definition) is 3. The molecule has 1 aromatic carbocycles. The average Bonchev–Trinajstić information content (AvgIpc) is 2.82. The van der Waals surface area contributed by atoms with Crippen molar-refractivity contribution in [1.82, 2.24) is 4.40 Å². The van der Waals surface area contributed by atoms with Crippen molar-refractivity contribution in [3.05, 3.63) is 63.1 Å². The van der Waals surface area contributed by atoms with E-state index < -0.39 is 0 Å². The lowest BCUT2D eigenvalue weighted by Crippen LogP contribution is -2.20. The quantitative estimate of drug-likeness (QED) is 0.787. The van der Waals surface area contributed by atoms with Crippen molar-refractivity contribution < 1.29 is 4.39 Å². The Hall–Kier alpha value is -1.98. The van der Waals surface area contributed by atoms with Gasteiger partial charge in [-0.15, -0.1) is 11.3 Å². The molecule has 3 nitrogen and oxygen atoms in total. The first-order valence-corrected chi connectivity index (χ1v) is 7.52. The van der Waals surface area contributed by atoms with E-state index in [-0.39, 0.29) is 17.4 Å². The van der Waals surface area contributed by atoms with Gasteiger partial charge in [0, 0.05) is 17.1 Å². The van der Waals surface area contributed by atoms with Crippen LogP contribution in [0.1, 0.15) is 24.2 Å². The van der Waals surface area contributed by atoms with Crippen molar-refractivity contribution in [2.45, 2.75) is 19.9 Å². The van der Waals surface area contributed by atoms with Crippen molar-refractivity contribution in [2.24, 2.45) is 5.73 Å². The maximum atomic E-state index is 13.1. The molecule has 0 bridgehead atoms. The fourth-order valence-electron chi connectivity index (χ4n) is 2.49. The maximum absolute atomic E-state index is 13.1. The van der Waals surface area contributed by atoms with Crippen molar-refractivity contribution in [2.75, 3.05) is 0 Å². The fraction of sp³-hybridized carbons (Fsp3) is 0.188. The number of pyridine rings is 1. The Morgan fingerprint density at radius 3 is 2.57 bits per heavy atom. The first kappa shape index (κ1) is 14.0. The number of aromatic nitrogens is 1. The van der Waals surface area contributed by atoms with Crippen molar-refractivity contribution >= 4 is 16.2 Å². The Balaban J connectivity index is 2.41. The zero-order chi connectivity index (χ0) is 15.1. The molecule has 2 aromatic heterocycles. The molecule has 108 valence electrons. The molecule has 2 heterocycles. The highest BCUT2D eigenvalue weighted by molar-refractivity contribution is 7.15. The molecule has 0 radical (unpaired) electrons. The molecule has 0 spiro atoms. The van der Waals surface area contributed by atoms with Crippen molar-refractivity contribution in [1.29, 1.82) is 0 Å². The van der Waals surface area contributed by atoms with Gasteiger partial charge in [-0.1, -0.05) is 12.1 Å². The van der Waals surface area contributed by atoms with Crippen molar-refractivity contribution in [3.8, 4) is 11.1 Å². The summed E-state index contributed by atoms with van der Waals surface area (Å²) in [6.45, 7) is 3.74. The van der Waals surface area contributed by atoms with Gasteiger partial charge in [0.1, 0.15) is 10.6 Å². The van der Waals surface area contributed by atoms with Gasteiger partial charge in [0.15, 0.2) is 0 Å². The van der Waals surface area contributed by atoms with Crippen LogP contribution in [0.2, 0.25) is 0 Å². The maximum Gasteiger partial charge on any atom is 0.264 e. The summed E-state index contributed by atoms with van der Waals surface area (Å²) in [4.78, 5) is 13.7. The van der Waals surface area contributed by atoms with E-state index in [1.165, 1.54) is 23.5 Å². The van der Waals surface area contributed by atoms with E-state index >= 15 is 0 Å². The zero-order valence-corrected chi connectivity index (χ0v) is 12.6. The minimum Gasteiger partial charge on any atom is -0.324 e. The van der Waals surface area contributed by atoms with Crippen LogP contribution in [0.15, 0.2) is 40.5 Å². The summed E-state index contributed by atoms with van der Waals surface area (Å²) < 4.78 is 14.8. The third kappa shape index (κ3) is 2.28. The predicted octanol–water partition coefficient (Wildman–Crippen LogP) is 3.50. The second kappa shape index (κ2) is 5.09. The molecule has 21 heavy (non-hydrogen) atoms. The summed E-state index contributed by atoms with van der Waals surface area (Å²) in [5, 5.41) is 1.94. The summed E-state index contributed by atoms with van der Waals surface area (Å²) in [6.07, 6.45) is 0. The highest BCUT2D eigenvalue weighted by Gasteiger charge is 2.17. The molecule has 0 fully saturated rings. The molecular weight excluding hydrogens is 287 g/mol. The topological polar surface area (TPSA) is 47.5 Å². The smallest absolute Gasteiger partial charge is 0.264 e. The van der Waals surface area contributed by atoms with E-state index in [1.54, 1.807) is 16.5 Å². The predicted molar refractivity (Wildman–Crippen MR) is 84.3 cm³/mol. The molecule has 0 aliphatic rings. The molecular formula is C16H15FN2OS. The first-order chi connectivity index (χ1) is 9.99. The molecule has 2 N–H and O–H groups in total. The minimum absolute atomic E-state index is 0.106. The second-order valence-corrected chi connectivity index (χ2v) is 6.02. The van der Waals surface area contributed by atoms with Gasteiger partial charge in [-0.2, -0.15) is 0 Å². The molecule has 0 saturated carbocycles. The van der Waals surface area contributed by atoms with E-state index in [9.17, 15) is 9.18 Å². The molecule has 1 unspecified atom stereocenters. The monoisotopic (exact) mass is 302 g/mol. The number of halogens is 1. The zero-order valence-electron chi connectivity index (χ0n) is 11.8. The summed E-state index contributed by atoms with van der Waals surface area (Å²) in [7, 11) is 0. The Labute approximate surface area is 125 Å². The third-order valence-electron chi connectivity index (χ3n) is 3.53. The van der Waals surface area contributed by atoms with Gasteiger partial charge in [0.2, 0.25) is 0 Å². The highest BCUT2D eigenvalue weighted by atomic mass is 32.1. The van der Waals surface area contributed by atoms with Crippen LogP contribution in [0, 0.1) is 12.7 Å². The van der Waals surface area contributed by atoms with Gasteiger partial charge in [0.25, 0.3) is 5.56 Å². The number of hydrogen-bond donors (Lipinski definition) is 1. The molecule has 1 atom stereocenters. The molecule has 3 rings (SSSR count). The van der Waals surface area contributed by atoms with Gasteiger partial charge in [-0.05, 0) is 43.2 Å². The number of nitrogens with zero attached hydrogens (tertiary/aromatic N) is 1. The largest absolute Gasteiger partial charge is 0.324 e. The van der Waals surface area contributed by atoms with Crippen LogP contribution in [0.5, 0.6) is 0 Å². The van der Waals surface area contributed by atoms with Crippen LogP contribution in [0.4, 0.5) is 4.39 Å². The minimum atomic E-state index is -0.325. The SMILES string of the molecule is Cc1csc2cc(C(C)N)c(-c3ccc(F)cc3)c(=O)n12. The Morgan fingerprint density at radius 2 is 1.95 bits per heavy atom. The summed E-state index contributed by atoms with van der Waals surface area (Å²) in [5.74, 6) is -0.325. The number of nitrogens with two attached hydrogens (primary N) is 1. The Kier molecular flexibility index (Phi) is 3.39. The van der Waals surface area contributed by atoms with Gasteiger partial charge < -0.3 is 5.73 Å². The van der Waals surface area contributed by atoms with E-state index in [0.717, 1.165) is 16.1 Å². The lowest BCUT2D eigenvalue weighted by molar-refractivity contribution is 0.628. The van der Waals surface area contributed by atoms with Crippen LogP contribution >= 0.6 is 11.3 Å². The van der Waals surface area contributed by atoms with Crippen LogP contribution in [0.25, 0.3) is 16.0 Å². The van der Waals surface area contributed by atoms with Gasteiger partial charge in [-0.3, -0.25) is 9.20 Å². The van der Waals surface area contributed by atoms with Gasteiger partial charge in [-0.25, -0.2) is 4.39 Å². The van der Waals surface area contributed by atoms with Crippen LogP contribution < -0.4 is 11.3 Å². The molecule has 3 aromatic rings. The van der Waals surface area contributed by atoms with Crippen LogP contribution in [-0.4, -0.2) is 4.40 Å². The molecule has 0 aliphatic heterocycles. The number of rotatable bonds is 2. The summed E-state index contributed by atoms with van der Waals surface area (Å²) in [5.41, 5.74) is 8.83. The van der Waals surface area contributed by atoms with Crippen molar-refractivity contribution in [3.63, 3.8) is 0 Å². The normalized spacial score (nSPS) is 12.8. The van der Waals surface area contributed by atoms with E-state index in [4.69, 9.17) is 5.73 Å².